The first-order chi connectivity index (χ1) is 13.7. The lowest BCUT2D eigenvalue weighted by atomic mass is 10.0. The van der Waals surface area contributed by atoms with Crippen molar-refractivity contribution < 1.29 is 9.53 Å². The van der Waals surface area contributed by atoms with Crippen molar-refractivity contribution in [2.24, 2.45) is 0 Å². The van der Waals surface area contributed by atoms with Crippen molar-refractivity contribution >= 4 is 18.3 Å². The third kappa shape index (κ3) is 4.13. The molecule has 1 amide bonds. The summed E-state index contributed by atoms with van der Waals surface area (Å²) in [6, 6.07) is 17.6. The summed E-state index contributed by atoms with van der Waals surface area (Å²) in [6.45, 7) is 3.98. The molecule has 2 heterocycles. The number of halogens is 1. The Balaban J connectivity index is 0.00000240. The highest BCUT2D eigenvalue weighted by Gasteiger charge is 2.32. The summed E-state index contributed by atoms with van der Waals surface area (Å²) in [4.78, 5) is 15.4. The van der Waals surface area contributed by atoms with Crippen LogP contribution in [0.15, 0.2) is 60.8 Å². The first-order valence-corrected chi connectivity index (χ1v) is 9.45. The number of rotatable bonds is 4. The summed E-state index contributed by atoms with van der Waals surface area (Å²) in [7, 11) is 1.66. The van der Waals surface area contributed by atoms with Gasteiger partial charge in [0.1, 0.15) is 5.75 Å². The molecule has 1 aliphatic rings. The van der Waals surface area contributed by atoms with E-state index in [1.165, 1.54) is 0 Å². The summed E-state index contributed by atoms with van der Waals surface area (Å²) in [6.07, 6.45) is 1.83. The summed E-state index contributed by atoms with van der Waals surface area (Å²) in [5.74, 6) is 0.794. The molecular formula is C22H25ClN4O2. The summed E-state index contributed by atoms with van der Waals surface area (Å²) < 4.78 is 7.30. The minimum atomic E-state index is -0.0862. The molecule has 1 fully saturated rings. The Bertz CT molecular complexity index is 974. The zero-order valence-corrected chi connectivity index (χ0v) is 17.4. The monoisotopic (exact) mass is 412 g/mol. The molecule has 0 bridgehead atoms. The maximum atomic E-state index is 13.5. The predicted molar refractivity (Wildman–Crippen MR) is 115 cm³/mol. The standard InChI is InChI=1S/C22H24N4O2.ClH/c1-16-19(15-26(24-16)17-8-4-3-5-9-17)22(27)25-13-12-23-14-20(25)18-10-6-7-11-21(18)28-2;/h3-11,15,20,23H,12-14H2,1-2H3;1H. The lowest BCUT2D eigenvalue weighted by Gasteiger charge is -2.37. The highest BCUT2D eigenvalue weighted by atomic mass is 35.5. The zero-order chi connectivity index (χ0) is 19.5. The predicted octanol–water partition coefficient (Wildman–Crippen LogP) is 3.40. The minimum absolute atomic E-state index is 0. The van der Waals surface area contributed by atoms with Gasteiger partial charge < -0.3 is 15.0 Å². The second-order valence-corrected chi connectivity index (χ2v) is 6.87. The van der Waals surface area contributed by atoms with Crippen molar-refractivity contribution in [2.45, 2.75) is 13.0 Å². The molecule has 0 radical (unpaired) electrons. The molecule has 4 rings (SSSR count). The van der Waals surface area contributed by atoms with Crippen LogP contribution in [0.3, 0.4) is 0 Å². The molecule has 1 saturated heterocycles. The van der Waals surface area contributed by atoms with Crippen molar-refractivity contribution in [1.82, 2.24) is 20.0 Å². The van der Waals surface area contributed by atoms with Crippen molar-refractivity contribution in [3.8, 4) is 11.4 Å². The molecule has 1 atom stereocenters. The Morgan fingerprint density at radius 1 is 1.14 bits per heavy atom. The van der Waals surface area contributed by atoms with E-state index in [4.69, 9.17) is 4.74 Å². The summed E-state index contributed by atoms with van der Waals surface area (Å²) in [5, 5.41) is 7.95. The quantitative estimate of drug-likeness (QED) is 0.713. The molecule has 2 aromatic carbocycles. The summed E-state index contributed by atoms with van der Waals surface area (Å²) >= 11 is 0. The van der Waals surface area contributed by atoms with Crippen LogP contribution < -0.4 is 10.1 Å². The highest BCUT2D eigenvalue weighted by Crippen LogP contribution is 2.31. The van der Waals surface area contributed by atoms with Crippen molar-refractivity contribution in [3.05, 3.63) is 77.6 Å². The molecule has 152 valence electrons. The molecule has 1 unspecified atom stereocenters. The minimum Gasteiger partial charge on any atom is -0.496 e. The molecule has 0 aliphatic carbocycles. The van der Waals surface area contributed by atoms with E-state index >= 15 is 0 Å². The van der Waals surface area contributed by atoms with E-state index in [1.807, 2.05) is 72.6 Å². The van der Waals surface area contributed by atoms with E-state index in [-0.39, 0.29) is 24.4 Å². The Labute approximate surface area is 176 Å². The van der Waals surface area contributed by atoms with E-state index in [9.17, 15) is 4.79 Å². The van der Waals surface area contributed by atoms with Gasteiger partial charge in [-0.2, -0.15) is 5.10 Å². The number of nitrogens with zero attached hydrogens (tertiary/aromatic N) is 3. The smallest absolute Gasteiger partial charge is 0.257 e. The van der Waals surface area contributed by atoms with Crippen molar-refractivity contribution in [2.75, 3.05) is 26.7 Å². The number of carbonyl (C=O) groups is 1. The van der Waals surface area contributed by atoms with Gasteiger partial charge in [0.2, 0.25) is 0 Å². The first kappa shape index (κ1) is 20.9. The maximum Gasteiger partial charge on any atom is 0.257 e. The summed E-state index contributed by atoms with van der Waals surface area (Å²) in [5.41, 5.74) is 3.31. The largest absolute Gasteiger partial charge is 0.496 e. The molecule has 0 spiro atoms. The molecule has 0 saturated carbocycles. The Morgan fingerprint density at radius 2 is 1.86 bits per heavy atom. The van der Waals surface area contributed by atoms with Gasteiger partial charge in [0.15, 0.2) is 0 Å². The molecule has 1 N–H and O–H groups in total. The van der Waals surface area contributed by atoms with E-state index in [1.54, 1.807) is 11.8 Å². The zero-order valence-electron chi connectivity index (χ0n) is 16.5. The average Bonchev–Trinajstić information content (AvgIpc) is 3.15. The van der Waals surface area contributed by atoms with Gasteiger partial charge in [-0.3, -0.25) is 4.79 Å². The SMILES string of the molecule is COc1ccccc1C1CNCCN1C(=O)c1cn(-c2ccccc2)nc1C.Cl. The molecular weight excluding hydrogens is 388 g/mol. The number of aromatic nitrogens is 2. The maximum absolute atomic E-state index is 13.5. The Hall–Kier alpha value is -2.83. The molecule has 29 heavy (non-hydrogen) atoms. The van der Waals surface area contributed by atoms with Gasteiger partial charge in [0, 0.05) is 31.4 Å². The fraction of sp³-hybridized carbons (Fsp3) is 0.273. The van der Waals surface area contributed by atoms with Crippen LogP contribution in [0.2, 0.25) is 0 Å². The van der Waals surface area contributed by atoms with Crippen molar-refractivity contribution in [1.29, 1.82) is 0 Å². The number of aryl methyl sites for hydroxylation is 1. The van der Waals surface area contributed by atoms with Crippen LogP contribution in [0.1, 0.15) is 27.7 Å². The van der Waals surface area contributed by atoms with Crippen LogP contribution in [-0.4, -0.2) is 47.3 Å². The number of amides is 1. The van der Waals surface area contributed by atoms with Gasteiger partial charge >= 0.3 is 0 Å². The van der Waals surface area contributed by atoms with Gasteiger partial charge in [-0.25, -0.2) is 4.68 Å². The fourth-order valence-corrected chi connectivity index (χ4v) is 3.70. The van der Waals surface area contributed by atoms with Gasteiger partial charge in [-0.15, -0.1) is 12.4 Å². The second-order valence-electron chi connectivity index (χ2n) is 6.87. The normalized spacial score (nSPS) is 16.2. The second kappa shape index (κ2) is 9.11. The highest BCUT2D eigenvalue weighted by molar-refractivity contribution is 5.95. The third-order valence-electron chi connectivity index (χ3n) is 5.15. The van der Waals surface area contributed by atoms with Crippen LogP contribution >= 0.6 is 12.4 Å². The molecule has 6 nitrogen and oxygen atoms in total. The van der Waals surface area contributed by atoms with E-state index in [0.29, 0.717) is 18.7 Å². The Kier molecular flexibility index (Phi) is 6.56. The van der Waals surface area contributed by atoms with Crippen molar-refractivity contribution in [3.63, 3.8) is 0 Å². The Morgan fingerprint density at radius 3 is 2.62 bits per heavy atom. The lowest BCUT2D eigenvalue weighted by Crippen LogP contribution is -2.48. The third-order valence-corrected chi connectivity index (χ3v) is 5.15. The number of carbonyl (C=O) groups excluding carboxylic acids is 1. The number of benzene rings is 2. The fourth-order valence-electron chi connectivity index (χ4n) is 3.70. The average molecular weight is 413 g/mol. The van der Waals surface area contributed by atoms with Crippen LogP contribution in [0.25, 0.3) is 5.69 Å². The molecule has 1 aromatic heterocycles. The molecule has 3 aromatic rings. The van der Waals surface area contributed by atoms with E-state index in [0.717, 1.165) is 29.2 Å². The first-order valence-electron chi connectivity index (χ1n) is 9.45. The number of ether oxygens (including phenoxy) is 1. The lowest BCUT2D eigenvalue weighted by molar-refractivity contribution is 0.0631. The van der Waals surface area contributed by atoms with Crippen LogP contribution in [-0.2, 0) is 0 Å². The number of methoxy groups -OCH3 is 1. The van der Waals surface area contributed by atoms with Crippen LogP contribution in [0, 0.1) is 6.92 Å². The number of para-hydroxylation sites is 2. The number of hydrogen-bond donors (Lipinski definition) is 1. The van der Waals surface area contributed by atoms with E-state index in [2.05, 4.69) is 10.4 Å². The van der Waals surface area contributed by atoms with E-state index < -0.39 is 0 Å². The molecule has 7 heteroatoms. The molecule has 1 aliphatic heterocycles. The number of hydrogen-bond acceptors (Lipinski definition) is 4. The van der Waals surface area contributed by atoms with Gasteiger partial charge in [0.05, 0.1) is 30.1 Å². The van der Waals surface area contributed by atoms with Gasteiger partial charge in [-0.1, -0.05) is 36.4 Å². The van der Waals surface area contributed by atoms with Gasteiger partial charge in [-0.05, 0) is 25.1 Å². The topological polar surface area (TPSA) is 59.4 Å². The number of nitrogens with one attached hydrogen (secondary N) is 1. The number of piperazine rings is 1. The van der Waals surface area contributed by atoms with Crippen LogP contribution in [0.5, 0.6) is 5.75 Å². The van der Waals surface area contributed by atoms with Gasteiger partial charge in [0.25, 0.3) is 5.91 Å². The van der Waals surface area contributed by atoms with Crippen LogP contribution in [0.4, 0.5) is 0 Å².